The molecule has 1 fully saturated rings. The van der Waals surface area contributed by atoms with Crippen LogP contribution in [0.5, 0.6) is 11.5 Å². The summed E-state index contributed by atoms with van der Waals surface area (Å²) in [7, 11) is 3.11. The Kier molecular flexibility index (Phi) is 10.6. The van der Waals surface area contributed by atoms with Gasteiger partial charge in [-0.2, -0.15) is 0 Å². The Morgan fingerprint density at radius 1 is 0.957 bits per heavy atom. The van der Waals surface area contributed by atoms with Crippen LogP contribution in [-0.4, -0.2) is 52.3 Å². The van der Waals surface area contributed by atoms with Crippen molar-refractivity contribution in [3.05, 3.63) is 128 Å². The average Bonchev–Trinajstić information content (AvgIpc) is 3.49. The molecular formula is C38H38N2O7. The lowest BCUT2D eigenvalue weighted by Crippen LogP contribution is -2.51. The van der Waals surface area contributed by atoms with E-state index in [9.17, 15) is 19.8 Å². The number of rotatable bonds is 11. The highest BCUT2D eigenvalue weighted by molar-refractivity contribution is 5.60. The van der Waals surface area contributed by atoms with Crippen molar-refractivity contribution in [2.45, 2.75) is 62.1 Å². The zero-order valence-electron chi connectivity index (χ0n) is 26.4. The van der Waals surface area contributed by atoms with E-state index < -0.39 is 41.2 Å². The van der Waals surface area contributed by atoms with Gasteiger partial charge in [0.05, 0.1) is 25.7 Å². The second-order valence-electron chi connectivity index (χ2n) is 11.3. The van der Waals surface area contributed by atoms with Crippen molar-refractivity contribution < 1.29 is 24.4 Å². The minimum absolute atomic E-state index is 0.0324. The fourth-order valence-corrected chi connectivity index (χ4v) is 6.35. The van der Waals surface area contributed by atoms with Gasteiger partial charge in [0.15, 0.2) is 0 Å². The molecule has 2 heterocycles. The molecule has 4 aromatic rings. The van der Waals surface area contributed by atoms with Crippen LogP contribution in [0.2, 0.25) is 0 Å². The maximum Gasteiger partial charge on any atom is 0.330 e. The lowest BCUT2D eigenvalue weighted by Gasteiger charge is -2.43. The highest BCUT2D eigenvalue weighted by Crippen LogP contribution is 2.51. The molecule has 1 aliphatic rings. The van der Waals surface area contributed by atoms with E-state index in [-0.39, 0.29) is 12.0 Å². The number of aliphatic hydroxyl groups is 2. The van der Waals surface area contributed by atoms with Gasteiger partial charge < -0.3 is 24.4 Å². The van der Waals surface area contributed by atoms with E-state index in [0.29, 0.717) is 41.0 Å². The van der Waals surface area contributed by atoms with Crippen molar-refractivity contribution in [1.82, 2.24) is 9.55 Å². The maximum atomic E-state index is 13.0. The van der Waals surface area contributed by atoms with E-state index in [1.54, 1.807) is 26.4 Å². The van der Waals surface area contributed by atoms with Gasteiger partial charge in [0.25, 0.3) is 5.56 Å². The zero-order chi connectivity index (χ0) is 33.4. The summed E-state index contributed by atoms with van der Waals surface area (Å²) < 4.78 is 19.3. The third-order valence-electron chi connectivity index (χ3n) is 8.56. The number of terminal acetylenes is 1. The third kappa shape index (κ3) is 6.61. The normalized spacial score (nSPS) is 18.1. The quantitative estimate of drug-likeness (QED) is 0.129. The molecule has 0 saturated carbocycles. The first-order chi connectivity index (χ1) is 22.9. The van der Waals surface area contributed by atoms with Crippen molar-refractivity contribution in [2.24, 2.45) is 0 Å². The van der Waals surface area contributed by atoms with Gasteiger partial charge in [0.1, 0.15) is 35.5 Å². The van der Waals surface area contributed by atoms with Crippen molar-refractivity contribution >= 4 is 0 Å². The van der Waals surface area contributed by atoms with E-state index in [4.69, 9.17) is 20.6 Å². The maximum absolute atomic E-state index is 13.0. The number of benzene rings is 3. The Hall–Kier alpha value is -5.06. The van der Waals surface area contributed by atoms with Crippen molar-refractivity contribution in [3.8, 4) is 35.7 Å². The Labute approximate surface area is 273 Å². The fraction of sp³-hybridized carbons (Fsp3) is 0.316. The number of ether oxygens (including phenoxy) is 3. The summed E-state index contributed by atoms with van der Waals surface area (Å²) in [6.45, 7) is 0. The van der Waals surface area contributed by atoms with E-state index >= 15 is 0 Å². The molecule has 0 bridgehead atoms. The molecule has 47 heavy (non-hydrogen) atoms. The summed E-state index contributed by atoms with van der Waals surface area (Å²) in [5.41, 5.74) is -0.699. The van der Waals surface area contributed by atoms with E-state index in [1.165, 1.54) is 10.8 Å². The van der Waals surface area contributed by atoms with Crippen LogP contribution >= 0.6 is 0 Å². The summed E-state index contributed by atoms with van der Waals surface area (Å²) in [6.07, 6.45) is 4.58. The number of para-hydroxylation sites is 2. The van der Waals surface area contributed by atoms with E-state index in [1.807, 2.05) is 66.7 Å². The lowest BCUT2D eigenvalue weighted by atomic mass is 9.63. The number of methoxy groups -OCH3 is 2. The van der Waals surface area contributed by atoms with Crippen LogP contribution in [0.3, 0.4) is 0 Å². The molecule has 1 unspecified atom stereocenters. The minimum atomic E-state index is -1.43. The van der Waals surface area contributed by atoms with Crippen LogP contribution in [-0.2, 0) is 10.2 Å². The Balaban J connectivity index is 1.61. The average molecular weight is 635 g/mol. The molecule has 3 aromatic carbocycles. The summed E-state index contributed by atoms with van der Waals surface area (Å²) in [6, 6.07) is 24.1. The molecule has 9 heteroatoms. The predicted molar refractivity (Wildman–Crippen MR) is 178 cm³/mol. The number of unbranched alkanes of at least 4 members (excludes halogenated alkanes) is 3. The van der Waals surface area contributed by atoms with Crippen LogP contribution in [0.15, 0.2) is 94.6 Å². The number of H-pyrrole nitrogens is 1. The second-order valence-corrected chi connectivity index (χ2v) is 11.3. The number of hydrogen-bond acceptors (Lipinski definition) is 7. The van der Waals surface area contributed by atoms with Crippen molar-refractivity contribution in [2.75, 3.05) is 14.2 Å². The molecule has 1 aliphatic heterocycles. The van der Waals surface area contributed by atoms with E-state index in [2.05, 4.69) is 22.7 Å². The van der Waals surface area contributed by atoms with E-state index in [0.717, 1.165) is 12.8 Å². The largest absolute Gasteiger partial charge is 0.496 e. The molecule has 0 amide bonds. The number of aromatic amines is 1. The number of hydrogen-bond donors (Lipinski definition) is 3. The Bertz CT molecular complexity index is 1850. The molecule has 3 N–H and O–H groups in total. The SMILES string of the molecule is C#CCCCCC#Cc1cn([C@H]2C[C@H](O)[C@@H](C(O)C(c3ccccc3)(c3ccccc3OC)c3ccccc3OC)O2)c(=O)[nH]c1=O. The Morgan fingerprint density at radius 2 is 1.55 bits per heavy atom. The van der Waals surface area contributed by atoms with Gasteiger partial charge in [-0.1, -0.05) is 78.6 Å². The molecule has 0 radical (unpaired) electrons. The minimum Gasteiger partial charge on any atom is -0.496 e. The van der Waals surface area contributed by atoms with Gasteiger partial charge in [-0.05, 0) is 30.5 Å². The van der Waals surface area contributed by atoms with Crippen molar-refractivity contribution in [3.63, 3.8) is 0 Å². The van der Waals surface area contributed by atoms with Crippen LogP contribution in [0.25, 0.3) is 0 Å². The van der Waals surface area contributed by atoms with Gasteiger partial charge >= 0.3 is 5.69 Å². The highest BCUT2D eigenvalue weighted by Gasteiger charge is 2.54. The molecule has 9 nitrogen and oxygen atoms in total. The van der Waals surface area contributed by atoms with Gasteiger partial charge in [0.2, 0.25) is 0 Å². The number of nitrogens with zero attached hydrogens (tertiary/aromatic N) is 1. The van der Waals surface area contributed by atoms with Crippen LogP contribution in [0.4, 0.5) is 0 Å². The number of aliphatic hydroxyl groups excluding tert-OH is 2. The lowest BCUT2D eigenvalue weighted by molar-refractivity contribution is -0.0980. The molecule has 1 saturated heterocycles. The van der Waals surface area contributed by atoms with Gasteiger partial charge in [0, 0.05) is 36.6 Å². The first-order valence-electron chi connectivity index (χ1n) is 15.5. The fourth-order valence-electron chi connectivity index (χ4n) is 6.35. The molecule has 0 aliphatic carbocycles. The number of aromatic nitrogens is 2. The van der Waals surface area contributed by atoms with Crippen LogP contribution in [0.1, 0.15) is 60.6 Å². The Morgan fingerprint density at radius 3 is 2.17 bits per heavy atom. The van der Waals surface area contributed by atoms with Crippen LogP contribution < -0.4 is 20.7 Å². The first-order valence-corrected chi connectivity index (χ1v) is 15.5. The summed E-state index contributed by atoms with van der Waals surface area (Å²) in [5, 5.41) is 24.2. The van der Waals surface area contributed by atoms with Gasteiger partial charge in [-0.25, -0.2) is 4.79 Å². The molecule has 5 rings (SSSR count). The van der Waals surface area contributed by atoms with Crippen molar-refractivity contribution in [1.29, 1.82) is 0 Å². The van der Waals surface area contributed by atoms with Gasteiger partial charge in [-0.3, -0.25) is 14.3 Å². The smallest absolute Gasteiger partial charge is 0.330 e. The summed E-state index contributed by atoms with van der Waals surface area (Å²) >= 11 is 0. The first kappa shape index (κ1) is 33.3. The summed E-state index contributed by atoms with van der Waals surface area (Å²) in [4.78, 5) is 27.9. The topological polar surface area (TPSA) is 123 Å². The third-order valence-corrected chi connectivity index (χ3v) is 8.56. The molecule has 0 spiro atoms. The van der Waals surface area contributed by atoms with Gasteiger partial charge in [-0.15, -0.1) is 12.3 Å². The molecule has 1 aromatic heterocycles. The second kappa shape index (κ2) is 15.0. The molecule has 242 valence electrons. The highest BCUT2D eigenvalue weighted by atomic mass is 16.5. The predicted octanol–water partition coefficient (Wildman–Crippen LogP) is 4.14. The van der Waals surface area contributed by atoms with Crippen LogP contribution in [0, 0.1) is 24.2 Å². The molecular weight excluding hydrogens is 596 g/mol. The molecule has 4 atom stereocenters. The standard InChI is InChI=1S/C38H38N2O7/c1-4-5-6-7-8-10-17-26-25-40(37(44)39-36(26)43)33-24-30(41)34(47-33)35(42)38(27-18-11-9-12-19-27,28-20-13-15-22-31(28)45-2)29-21-14-16-23-32(29)46-3/h1,9,11-16,18-23,25,30,33-35,41-42H,5-8,24H2,2-3H3,(H,39,43,44)/t30-,33+,34-,35?/m0/s1. The zero-order valence-corrected chi connectivity index (χ0v) is 26.4. The monoisotopic (exact) mass is 634 g/mol. The summed E-state index contributed by atoms with van der Waals surface area (Å²) in [5.74, 6) is 9.40. The number of nitrogens with one attached hydrogen (secondary N) is 1.